The van der Waals surface area contributed by atoms with Crippen molar-refractivity contribution in [1.29, 1.82) is 0 Å². The van der Waals surface area contributed by atoms with Crippen molar-refractivity contribution in [3.8, 4) is 0 Å². The molecule has 0 heterocycles. The summed E-state index contributed by atoms with van der Waals surface area (Å²) in [6.45, 7) is 7.22. The van der Waals surface area contributed by atoms with Gasteiger partial charge in [-0.1, -0.05) is 6.07 Å². The molecule has 1 amide bonds. The lowest BCUT2D eigenvalue weighted by Gasteiger charge is -2.20. The molecule has 1 rings (SSSR count). The third-order valence-electron chi connectivity index (χ3n) is 2.52. The minimum Gasteiger partial charge on any atom is -0.444 e. The molecule has 0 radical (unpaired) electrons. The van der Waals surface area contributed by atoms with Gasteiger partial charge in [0.15, 0.2) is 0 Å². The number of aliphatic hydroxyl groups excluding tert-OH is 1. The van der Waals surface area contributed by atoms with Crippen LogP contribution in [0.1, 0.15) is 39.7 Å². The van der Waals surface area contributed by atoms with Gasteiger partial charge in [0, 0.05) is 4.47 Å². The van der Waals surface area contributed by atoms with E-state index in [2.05, 4.69) is 21.2 Å². The Hall–Kier alpha value is -1.07. The molecule has 1 aromatic rings. The molecule has 0 saturated heterocycles. The summed E-state index contributed by atoms with van der Waals surface area (Å²) in [5.74, 6) is 0. The van der Waals surface area contributed by atoms with E-state index >= 15 is 0 Å². The van der Waals surface area contributed by atoms with E-state index < -0.39 is 11.7 Å². The number of rotatable bonds is 4. The highest BCUT2D eigenvalue weighted by atomic mass is 79.9. The second kappa shape index (κ2) is 7.09. The van der Waals surface area contributed by atoms with Crippen molar-refractivity contribution in [1.82, 2.24) is 0 Å². The van der Waals surface area contributed by atoms with Gasteiger partial charge in [-0.05, 0) is 74.2 Å². The lowest BCUT2D eigenvalue weighted by molar-refractivity contribution is 0.0636. The Morgan fingerprint density at radius 3 is 2.65 bits per heavy atom. The topological polar surface area (TPSA) is 58.6 Å². The third kappa shape index (κ3) is 6.39. The van der Waals surface area contributed by atoms with Crippen LogP contribution in [-0.4, -0.2) is 22.9 Å². The third-order valence-corrected chi connectivity index (χ3v) is 3.21. The molecule has 1 aromatic carbocycles. The first-order valence-electron chi connectivity index (χ1n) is 6.64. The van der Waals surface area contributed by atoms with Crippen LogP contribution in [0.2, 0.25) is 0 Å². The monoisotopic (exact) mass is 343 g/mol. The maximum atomic E-state index is 11.8. The minimum atomic E-state index is -0.527. The van der Waals surface area contributed by atoms with E-state index in [0.717, 1.165) is 16.5 Å². The van der Waals surface area contributed by atoms with Gasteiger partial charge in [0.1, 0.15) is 5.60 Å². The van der Waals surface area contributed by atoms with Gasteiger partial charge in [-0.3, -0.25) is 5.32 Å². The quantitative estimate of drug-likeness (QED) is 0.864. The maximum absolute atomic E-state index is 11.8. The van der Waals surface area contributed by atoms with E-state index in [9.17, 15) is 9.90 Å². The maximum Gasteiger partial charge on any atom is 0.412 e. The van der Waals surface area contributed by atoms with Crippen molar-refractivity contribution in [2.75, 3.05) is 5.32 Å². The van der Waals surface area contributed by atoms with Gasteiger partial charge in [-0.15, -0.1) is 0 Å². The Morgan fingerprint density at radius 1 is 1.45 bits per heavy atom. The number of hydrogen-bond acceptors (Lipinski definition) is 3. The number of aliphatic hydroxyl groups is 1. The van der Waals surface area contributed by atoms with Gasteiger partial charge < -0.3 is 9.84 Å². The van der Waals surface area contributed by atoms with Crippen LogP contribution in [0.4, 0.5) is 10.5 Å². The van der Waals surface area contributed by atoms with Gasteiger partial charge in [-0.2, -0.15) is 0 Å². The molecule has 112 valence electrons. The fourth-order valence-electron chi connectivity index (χ4n) is 1.61. The lowest BCUT2D eigenvalue weighted by atomic mass is 10.1. The summed E-state index contributed by atoms with van der Waals surface area (Å²) in [6, 6.07) is 5.73. The van der Waals surface area contributed by atoms with Crippen LogP contribution in [-0.2, 0) is 11.2 Å². The van der Waals surface area contributed by atoms with Crippen molar-refractivity contribution < 1.29 is 14.6 Å². The standard InChI is InChI=1S/C15H22BrNO3/c1-10(18)5-6-11-7-8-12(16)13(9-11)17-14(19)20-15(2,3)4/h7-10,18H,5-6H2,1-4H3,(H,17,19)/t10-/m0/s1. The molecule has 0 spiro atoms. The summed E-state index contributed by atoms with van der Waals surface area (Å²) in [4.78, 5) is 11.8. The van der Waals surface area contributed by atoms with Crippen LogP contribution in [0.5, 0.6) is 0 Å². The highest BCUT2D eigenvalue weighted by molar-refractivity contribution is 9.10. The van der Waals surface area contributed by atoms with Crippen molar-refractivity contribution in [3.05, 3.63) is 28.2 Å². The average Bonchev–Trinajstić information content (AvgIpc) is 2.27. The first kappa shape index (κ1) is 17.0. The van der Waals surface area contributed by atoms with Crippen LogP contribution in [0.25, 0.3) is 0 Å². The number of hydrogen-bond donors (Lipinski definition) is 2. The fraction of sp³-hybridized carbons (Fsp3) is 0.533. The zero-order valence-corrected chi connectivity index (χ0v) is 14.0. The fourth-order valence-corrected chi connectivity index (χ4v) is 1.96. The van der Waals surface area contributed by atoms with Crippen molar-refractivity contribution >= 4 is 27.7 Å². The number of carbonyl (C=O) groups excluding carboxylic acids is 1. The Labute approximate surface area is 128 Å². The Balaban J connectivity index is 2.73. The second-order valence-electron chi connectivity index (χ2n) is 5.83. The summed E-state index contributed by atoms with van der Waals surface area (Å²) in [6.07, 6.45) is 0.633. The first-order chi connectivity index (χ1) is 9.17. The smallest absolute Gasteiger partial charge is 0.412 e. The first-order valence-corrected chi connectivity index (χ1v) is 7.43. The van der Waals surface area contributed by atoms with E-state index in [1.807, 2.05) is 39.0 Å². The van der Waals surface area contributed by atoms with Crippen molar-refractivity contribution in [2.45, 2.75) is 52.2 Å². The zero-order valence-electron chi connectivity index (χ0n) is 12.4. The van der Waals surface area contributed by atoms with Crippen LogP contribution >= 0.6 is 15.9 Å². The molecular formula is C15H22BrNO3. The predicted molar refractivity (Wildman–Crippen MR) is 84.0 cm³/mol. The van der Waals surface area contributed by atoms with E-state index in [4.69, 9.17) is 4.74 Å². The summed E-state index contributed by atoms with van der Waals surface area (Å²) >= 11 is 3.40. The van der Waals surface area contributed by atoms with E-state index in [1.54, 1.807) is 6.92 Å². The van der Waals surface area contributed by atoms with Crippen LogP contribution in [0.3, 0.4) is 0 Å². The van der Waals surface area contributed by atoms with Gasteiger partial charge in [-0.25, -0.2) is 4.79 Å². The Kier molecular flexibility index (Phi) is 6.02. The Morgan fingerprint density at radius 2 is 2.10 bits per heavy atom. The lowest BCUT2D eigenvalue weighted by Crippen LogP contribution is -2.27. The SMILES string of the molecule is C[C@H](O)CCc1ccc(Br)c(NC(=O)OC(C)(C)C)c1. The molecule has 4 nitrogen and oxygen atoms in total. The molecule has 5 heteroatoms. The molecule has 20 heavy (non-hydrogen) atoms. The van der Waals surface area contributed by atoms with Gasteiger partial charge in [0.05, 0.1) is 11.8 Å². The number of carbonyl (C=O) groups is 1. The summed E-state index contributed by atoms with van der Waals surface area (Å²) in [5.41, 5.74) is 1.20. The average molecular weight is 344 g/mol. The molecule has 0 fully saturated rings. The number of benzene rings is 1. The van der Waals surface area contributed by atoms with Crippen LogP contribution < -0.4 is 5.32 Å². The van der Waals surface area contributed by atoms with Gasteiger partial charge in [0.2, 0.25) is 0 Å². The number of nitrogens with one attached hydrogen (secondary N) is 1. The van der Waals surface area contributed by atoms with Crippen LogP contribution in [0, 0.1) is 0 Å². The van der Waals surface area contributed by atoms with Crippen molar-refractivity contribution in [2.24, 2.45) is 0 Å². The van der Waals surface area contributed by atoms with Gasteiger partial charge in [0.25, 0.3) is 0 Å². The minimum absolute atomic E-state index is 0.332. The van der Waals surface area contributed by atoms with Gasteiger partial charge >= 0.3 is 6.09 Å². The zero-order chi connectivity index (χ0) is 15.3. The molecule has 1 atom stereocenters. The summed E-state index contributed by atoms with van der Waals surface area (Å²) < 4.78 is 6.02. The highest BCUT2D eigenvalue weighted by Gasteiger charge is 2.17. The van der Waals surface area contributed by atoms with Crippen LogP contribution in [0.15, 0.2) is 22.7 Å². The molecule has 0 unspecified atom stereocenters. The number of amides is 1. The molecule has 2 N–H and O–H groups in total. The molecule has 0 bridgehead atoms. The predicted octanol–water partition coefficient (Wildman–Crippen LogP) is 4.11. The second-order valence-corrected chi connectivity index (χ2v) is 6.68. The van der Waals surface area contributed by atoms with E-state index in [1.165, 1.54) is 0 Å². The number of anilines is 1. The number of halogens is 1. The largest absolute Gasteiger partial charge is 0.444 e. The van der Waals surface area contributed by atoms with E-state index in [0.29, 0.717) is 12.1 Å². The number of aryl methyl sites for hydroxylation is 1. The molecule has 0 saturated carbocycles. The molecular weight excluding hydrogens is 322 g/mol. The molecule has 0 aromatic heterocycles. The normalized spacial score (nSPS) is 12.9. The summed E-state index contributed by atoms with van der Waals surface area (Å²) in [5, 5.41) is 12.0. The molecule has 0 aliphatic rings. The summed E-state index contributed by atoms with van der Waals surface area (Å²) in [7, 11) is 0. The highest BCUT2D eigenvalue weighted by Crippen LogP contribution is 2.25. The Bertz CT molecular complexity index is 467. The van der Waals surface area contributed by atoms with Crippen molar-refractivity contribution in [3.63, 3.8) is 0 Å². The van der Waals surface area contributed by atoms with E-state index in [-0.39, 0.29) is 6.10 Å². The molecule has 0 aliphatic carbocycles. The number of ether oxygens (including phenoxy) is 1. The molecule has 0 aliphatic heterocycles.